The first-order valence-corrected chi connectivity index (χ1v) is 13.3. The summed E-state index contributed by atoms with van der Waals surface area (Å²) in [6.45, 7) is 12.3. The number of carbonyl (C=O) groups is 1. The summed E-state index contributed by atoms with van der Waals surface area (Å²) in [6.07, 6.45) is 13.7. The predicted molar refractivity (Wildman–Crippen MR) is 123 cm³/mol. The second-order valence-corrected chi connectivity index (χ2v) is 13.1. The molecule has 9 atom stereocenters. The Morgan fingerprint density at radius 1 is 0.966 bits per heavy atom. The molecule has 4 aliphatic rings. The van der Waals surface area contributed by atoms with Crippen LogP contribution >= 0.6 is 11.6 Å². The van der Waals surface area contributed by atoms with E-state index in [9.17, 15) is 4.79 Å². The number of fused-ring (bicyclic) bond motifs is 5. The Bertz CT molecular complexity index is 614. The lowest BCUT2D eigenvalue weighted by Gasteiger charge is -2.60. The molecule has 0 aromatic carbocycles. The van der Waals surface area contributed by atoms with Crippen molar-refractivity contribution in [1.29, 1.82) is 0 Å². The number of hydrogen-bond donors (Lipinski definition) is 0. The fraction of sp³-hybridized carbons (Fsp3) is 0.963. The van der Waals surface area contributed by atoms with E-state index in [1.807, 2.05) is 0 Å². The van der Waals surface area contributed by atoms with Gasteiger partial charge in [0.25, 0.3) is 0 Å². The summed E-state index contributed by atoms with van der Waals surface area (Å²) in [4.78, 5) is 13.5. The van der Waals surface area contributed by atoms with E-state index in [0.717, 1.165) is 37.0 Å². The number of Topliss-reactive ketones (excluding diaryl/α,β-unsaturated/α-hetero) is 1. The molecule has 0 radical (unpaired) electrons. The van der Waals surface area contributed by atoms with Gasteiger partial charge in [-0.1, -0.05) is 53.9 Å². The van der Waals surface area contributed by atoms with Gasteiger partial charge in [-0.15, -0.1) is 11.6 Å². The monoisotopic (exact) mass is 420 g/mol. The summed E-state index contributed by atoms with van der Waals surface area (Å²) in [6, 6.07) is 0. The van der Waals surface area contributed by atoms with Crippen LogP contribution in [-0.2, 0) is 4.79 Å². The van der Waals surface area contributed by atoms with Gasteiger partial charge in [-0.25, -0.2) is 0 Å². The Morgan fingerprint density at radius 2 is 1.66 bits per heavy atom. The zero-order valence-corrected chi connectivity index (χ0v) is 20.4. The number of hydrogen-bond acceptors (Lipinski definition) is 1. The number of rotatable bonds is 5. The molecule has 166 valence electrons. The fourth-order valence-corrected chi connectivity index (χ4v) is 9.23. The maximum Gasteiger partial charge on any atom is 0.136 e. The van der Waals surface area contributed by atoms with Crippen LogP contribution in [-0.4, -0.2) is 11.2 Å². The highest BCUT2D eigenvalue weighted by atomic mass is 35.5. The number of ketones is 1. The molecule has 0 aliphatic heterocycles. The first kappa shape index (κ1) is 22.2. The van der Waals surface area contributed by atoms with Crippen LogP contribution in [0.5, 0.6) is 0 Å². The van der Waals surface area contributed by atoms with Crippen molar-refractivity contribution >= 4 is 17.4 Å². The van der Waals surface area contributed by atoms with E-state index in [-0.39, 0.29) is 0 Å². The lowest BCUT2D eigenvalue weighted by atomic mass is 9.44. The highest BCUT2D eigenvalue weighted by molar-refractivity contribution is 6.20. The van der Waals surface area contributed by atoms with Crippen LogP contribution < -0.4 is 0 Å². The summed E-state index contributed by atoms with van der Waals surface area (Å²) in [5.41, 5.74) is 0.771. The molecule has 0 amide bonds. The average molecular weight is 421 g/mol. The highest BCUT2D eigenvalue weighted by Crippen LogP contribution is 2.67. The Kier molecular flexibility index (Phi) is 6.22. The molecule has 0 N–H and O–H groups in total. The average Bonchev–Trinajstić information content (AvgIpc) is 3.00. The third-order valence-electron chi connectivity index (χ3n) is 10.6. The highest BCUT2D eigenvalue weighted by Gasteiger charge is 2.62. The third kappa shape index (κ3) is 3.74. The summed E-state index contributed by atoms with van der Waals surface area (Å²) < 4.78 is 0. The Hall–Kier alpha value is -0.0400. The number of halogens is 1. The summed E-state index contributed by atoms with van der Waals surface area (Å²) in [7, 11) is 0. The molecule has 29 heavy (non-hydrogen) atoms. The van der Waals surface area contributed by atoms with Crippen LogP contribution in [0.2, 0.25) is 0 Å². The molecular weight excluding hydrogens is 376 g/mol. The summed E-state index contributed by atoms with van der Waals surface area (Å²) in [5, 5.41) is 0.300. The van der Waals surface area contributed by atoms with Crippen molar-refractivity contribution in [3.05, 3.63) is 0 Å². The molecule has 4 saturated carbocycles. The van der Waals surface area contributed by atoms with Gasteiger partial charge in [0.15, 0.2) is 0 Å². The van der Waals surface area contributed by atoms with Gasteiger partial charge in [0.1, 0.15) is 5.78 Å². The maximum atomic E-state index is 13.5. The van der Waals surface area contributed by atoms with Gasteiger partial charge >= 0.3 is 0 Å². The Labute approximate surface area is 185 Å². The minimum Gasteiger partial charge on any atom is -0.299 e. The molecule has 4 rings (SSSR count). The molecule has 0 spiro atoms. The van der Waals surface area contributed by atoms with E-state index in [4.69, 9.17) is 11.6 Å². The molecule has 0 heterocycles. The summed E-state index contributed by atoms with van der Waals surface area (Å²) in [5.74, 6) is 5.27. The second kappa shape index (κ2) is 8.14. The van der Waals surface area contributed by atoms with Crippen LogP contribution in [0.25, 0.3) is 0 Å². The van der Waals surface area contributed by atoms with Crippen LogP contribution in [0.15, 0.2) is 0 Å². The van der Waals surface area contributed by atoms with E-state index in [1.54, 1.807) is 0 Å². The van der Waals surface area contributed by atoms with Gasteiger partial charge < -0.3 is 0 Å². The molecule has 6 unspecified atom stereocenters. The Balaban J connectivity index is 1.51. The van der Waals surface area contributed by atoms with Crippen LogP contribution in [0.1, 0.15) is 105 Å². The zero-order valence-electron chi connectivity index (χ0n) is 19.7. The van der Waals surface area contributed by atoms with Crippen molar-refractivity contribution in [2.24, 2.45) is 52.3 Å². The third-order valence-corrected chi connectivity index (χ3v) is 11.0. The van der Waals surface area contributed by atoms with Gasteiger partial charge in [0.2, 0.25) is 0 Å². The smallest absolute Gasteiger partial charge is 0.136 e. The van der Waals surface area contributed by atoms with Crippen molar-refractivity contribution in [3.63, 3.8) is 0 Å². The number of alkyl halides is 1. The molecule has 0 aromatic rings. The number of carbonyl (C=O) groups excluding carboxylic acids is 1. The minimum atomic E-state index is 0.300. The zero-order chi connectivity index (χ0) is 21.0. The molecule has 0 aromatic heterocycles. The van der Waals surface area contributed by atoms with E-state index >= 15 is 0 Å². The topological polar surface area (TPSA) is 17.1 Å². The quantitative estimate of drug-likeness (QED) is 0.413. The van der Waals surface area contributed by atoms with Crippen molar-refractivity contribution in [2.45, 2.75) is 111 Å². The van der Waals surface area contributed by atoms with Gasteiger partial charge in [-0.05, 0) is 91.3 Å². The molecule has 0 bridgehead atoms. The first-order valence-electron chi connectivity index (χ1n) is 12.8. The van der Waals surface area contributed by atoms with Crippen LogP contribution in [0.3, 0.4) is 0 Å². The van der Waals surface area contributed by atoms with Crippen molar-refractivity contribution < 1.29 is 4.79 Å². The molecule has 1 nitrogen and oxygen atoms in total. The van der Waals surface area contributed by atoms with E-state index in [1.165, 1.54) is 51.4 Å². The van der Waals surface area contributed by atoms with E-state index in [2.05, 4.69) is 34.6 Å². The van der Waals surface area contributed by atoms with Crippen molar-refractivity contribution in [3.8, 4) is 0 Å². The van der Waals surface area contributed by atoms with Gasteiger partial charge in [-0.3, -0.25) is 4.79 Å². The summed E-state index contributed by atoms with van der Waals surface area (Å²) >= 11 is 6.54. The van der Waals surface area contributed by atoms with Gasteiger partial charge in [0, 0.05) is 17.7 Å². The second-order valence-electron chi connectivity index (χ2n) is 12.5. The molecule has 4 aliphatic carbocycles. The van der Waals surface area contributed by atoms with Gasteiger partial charge in [-0.2, -0.15) is 0 Å². The van der Waals surface area contributed by atoms with Crippen molar-refractivity contribution in [2.75, 3.05) is 0 Å². The SMILES string of the molecule is CC(C)CCC[C@@H](C)C1CCC2C3C(=O)C[C@H]4C[C@H](Cl)CCC4(C)C3CCC21C. The molecular formula is C27H45ClO. The van der Waals surface area contributed by atoms with Crippen LogP contribution in [0, 0.1) is 52.3 Å². The fourth-order valence-electron chi connectivity index (χ4n) is 8.90. The largest absolute Gasteiger partial charge is 0.299 e. The maximum absolute atomic E-state index is 13.5. The Morgan fingerprint density at radius 3 is 2.38 bits per heavy atom. The lowest BCUT2D eigenvalue weighted by Crippen LogP contribution is -2.57. The van der Waals surface area contributed by atoms with E-state index in [0.29, 0.717) is 45.7 Å². The van der Waals surface area contributed by atoms with Crippen LogP contribution in [0.4, 0.5) is 0 Å². The van der Waals surface area contributed by atoms with E-state index < -0.39 is 0 Å². The molecule has 0 saturated heterocycles. The molecule has 4 fully saturated rings. The minimum absolute atomic E-state index is 0.300. The normalized spacial score (nSPS) is 48.2. The standard InChI is InChI=1S/C27H45ClO/c1-17(2)7-6-8-18(3)21-9-10-22-25-23(12-14-27(21,22)5)26(4)13-11-20(28)15-19(26)16-24(25)29/h17-23,25H,6-16H2,1-5H3/t18-,19-,20-,21?,22?,23?,25?,26?,27?/m1/s1. The predicted octanol–water partition coefficient (Wildman–Crippen LogP) is 7.89. The van der Waals surface area contributed by atoms with Gasteiger partial charge in [0.05, 0.1) is 0 Å². The molecule has 2 heteroatoms. The van der Waals surface area contributed by atoms with Crippen molar-refractivity contribution in [1.82, 2.24) is 0 Å². The lowest BCUT2D eigenvalue weighted by molar-refractivity contribution is -0.156. The first-order chi connectivity index (χ1) is 13.7.